The maximum atomic E-state index is 11.9. The first-order valence-corrected chi connectivity index (χ1v) is 5.65. The molecule has 0 bridgehead atoms. The van der Waals surface area contributed by atoms with E-state index in [1.54, 1.807) is 25.8 Å². The molecular weight excluding hydrogens is 234 g/mol. The standard InChI is InChI=1S/C13H19NO4/c1-13(2,18)8-14(3)7-12(17)10-5-4-9(15)6-11(10)16/h4-6,15-16,18H,7-8H2,1-3H3. The number of hydrogen-bond donors (Lipinski definition) is 3. The molecule has 1 rings (SSSR count). The fourth-order valence-corrected chi connectivity index (χ4v) is 1.80. The SMILES string of the molecule is CN(CC(=O)c1ccc(O)cc1O)CC(C)(C)O. The predicted octanol–water partition coefficient (Wildman–Crippen LogP) is 0.983. The second-order valence-electron chi connectivity index (χ2n) is 5.11. The summed E-state index contributed by atoms with van der Waals surface area (Å²) in [7, 11) is 1.72. The Morgan fingerprint density at radius 2 is 1.94 bits per heavy atom. The van der Waals surface area contributed by atoms with Gasteiger partial charge in [-0.15, -0.1) is 0 Å². The van der Waals surface area contributed by atoms with Gasteiger partial charge >= 0.3 is 0 Å². The van der Waals surface area contributed by atoms with Crippen LogP contribution in [0.1, 0.15) is 24.2 Å². The van der Waals surface area contributed by atoms with Crippen LogP contribution in [-0.4, -0.2) is 51.7 Å². The van der Waals surface area contributed by atoms with Gasteiger partial charge in [0.1, 0.15) is 11.5 Å². The van der Waals surface area contributed by atoms with E-state index in [9.17, 15) is 15.0 Å². The van der Waals surface area contributed by atoms with Crippen molar-refractivity contribution in [2.45, 2.75) is 19.4 Å². The molecule has 100 valence electrons. The van der Waals surface area contributed by atoms with Crippen LogP contribution in [0.5, 0.6) is 11.5 Å². The summed E-state index contributed by atoms with van der Waals surface area (Å²) in [4.78, 5) is 13.6. The number of carbonyl (C=O) groups is 1. The van der Waals surface area contributed by atoms with Gasteiger partial charge in [0.15, 0.2) is 5.78 Å². The molecule has 0 aromatic heterocycles. The first-order chi connectivity index (χ1) is 8.19. The number of ketones is 1. The number of aliphatic hydroxyl groups is 1. The van der Waals surface area contributed by atoms with E-state index in [1.165, 1.54) is 12.1 Å². The van der Waals surface area contributed by atoms with E-state index in [0.29, 0.717) is 6.54 Å². The maximum Gasteiger partial charge on any atom is 0.180 e. The molecule has 5 nitrogen and oxygen atoms in total. The van der Waals surface area contributed by atoms with Crippen molar-refractivity contribution >= 4 is 5.78 Å². The zero-order valence-electron chi connectivity index (χ0n) is 10.8. The number of nitrogens with zero attached hydrogens (tertiary/aromatic N) is 1. The van der Waals surface area contributed by atoms with Gasteiger partial charge in [-0.25, -0.2) is 0 Å². The molecule has 0 radical (unpaired) electrons. The van der Waals surface area contributed by atoms with E-state index >= 15 is 0 Å². The summed E-state index contributed by atoms with van der Waals surface area (Å²) < 4.78 is 0. The first-order valence-electron chi connectivity index (χ1n) is 5.65. The highest BCUT2D eigenvalue weighted by Gasteiger charge is 2.19. The van der Waals surface area contributed by atoms with E-state index in [1.807, 2.05) is 0 Å². The number of Topliss-reactive ketones (excluding diaryl/α,β-unsaturated/α-hetero) is 1. The Hall–Kier alpha value is -1.59. The molecule has 0 atom stereocenters. The molecule has 0 aliphatic carbocycles. The summed E-state index contributed by atoms with van der Waals surface area (Å²) in [5, 5.41) is 28.3. The highest BCUT2D eigenvalue weighted by Crippen LogP contribution is 2.23. The van der Waals surface area contributed by atoms with Gasteiger partial charge in [0.25, 0.3) is 0 Å². The van der Waals surface area contributed by atoms with Crippen molar-refractivity contribution in [3.8, 4) is 11.5 Å². The average Bonchev–Trinajstić information content (AvgIpc) is 2.13. The third kappa shape index (κ3) is 4.35. The monoisotopic (exact) mass is 253 g/mol. The second-order valence-corrected chi connectivity index (χ2v) is 5.11. The van der Waals surface area contributed by atoms with Crippen LogP contribution in [0, 0.1) is 0 Å². The lowest BCUT2D eigenvalue weighted by atomic mass is 10.1. The molecule has 0 aliphatic rings. The Morgan fingerprint density at radius 1 is 1.33 bits per heavy atom. The van der Waals surface area contributed by atoms with Gasteiger partial charge in [0.05, 0.1) is 17.7 Å². The van der Waals surface area contributed by atoms with E-state index in [-0.39, 0.29) is 29.4 Å². The molecule has 0 spiro atoms. The van der Waals surface area contributed by atoms with Gasteiger partial charge in [-0.3, -0.25) is 9.69 Å². The van der Waals surface area contributed by atoms with Crippen LogP contribution in [0.25, 0.3) is 0 Å². The number of aromatic hydroxyl groups is 2. The summed E-state index contributed by atoms with van der Waals surface area (Å²) >= 11 is 0. The smallest absolute Gasteiger partial charge is 0.180 e. The van der Waals surface area contributed by atoms with Crippen molar-refractivity contribution < 1.29 is 20.1 Å². The summed E-state index contributed by atoms with van der Waals surface area (Å²) in [5.41, 5.74) is -0.721. The molecule has 3 N–H and O–H groups in total. The van der Waals surface area contributed by atoms with Crippen molar-refractivity contribution in [2.24, 2.45) is 0 Å². The van der Waals surface area contributed by atoms with Crippen molar-refractivity contribution in [2.75, 3.05) is 20.1 Å². The minimum Gasteiger partial charge on any atom is -0.508 e. The molecule has 0 saturated heterocycles. The number of hydrogen-bond acceptors (Lipinski definition) is 5. The zero-order chi connectivity index (χ0) is 13.9. The lowest BCUT2D eigenvalue weighted by Gasteiger charge is -2.24. The molecule has 0 amide bonds. The topological polar surface area (TPSA) is 81.0 Å². The van der Waals surface area contributed by atoms with E-state index in [4.69, 9.17) is 5.11 Å². The molecule has 0 unspecified atom stereocenters. The van der Waals surface area contributed by atoms with Crippen LogP contribution in [0.3, 0.4) is 0 Å². The molecule has 5 heteroatoms. The summed E-state index contributed by atoms with van der Waals surface area (Å²) in [5.74, 6) is -0.593. The number of rotatable bonds is 5. The lowest BCUT2D eigenvalue weighted by Crippen LogP contribution is -2.38. The van der Waals surface area contributed by atoms with Crippen LogP contribution < -0.4 is 0 Å². The van der Waals surface area contributed by atoms with Crippen molar-refractivity contribution in [1.82, 2.24) is 4.90 Å². The van der Waals surface area contributed by atoms with Gasteiger partial charge in [-0.2, -0.15) is 0 Å². The Morgan fingerprint density at radius 3 is 2.44 bits per heavy atom. The zero-order valence-corrected chi connectivity index (χ0v) is 10.8. The molecular formula is C13H19NO4. The number of benzene rings is 1. The average molecular weight is 253 g/mol. The van der Waals surface area contributed by atoms with E-state index in [0.717, 1.165) is 6.07 Å². The van der Waals surface area contributed by atoms with Crippen LogP contribution in [0.15, 0.2) is 18.2 Å². The highest BCUT2D eigenvalue weighted by molar-refractivity contribution is 6.00. The fourth-order valence-electron chi connectivity index (χ4n) is 1.80. The summed E-state index contributed by atoms with van der Waals surface area (Å²) in [6, 6.07) is 3.86. The Bertz CT molecular complexity index is 437. The molecule has 0 aliphatic heterocycles. The minimum absolute atomic E-state index is 0.0856. The van der Waals surface area contributed by atoms with Gasteiger partial charge < -0.3 is 15.3 Å². The predicted molar refractivity (Wildman–Crippen MR) is 67.9 cm³/mol. The molecule has 0 saturated carbocycles. The van der Waals surface area contributed by atoms with Gasteiger partial charge in [0, 0.05) is 12.6 Å². The normalized spacial score (nSPS) is 11.8. The number of carbonyl (C=O) groups excluding carboxylic acids is 1. The van der Waals surface area contributed by atoms with Gasteiger partial charge in [-0.1, -0.05) is 0 Å². The molecule has 1 aromatic rings. The summed E-state index contributed by atoms with van der Waals surface area (Å²) in [6.45, 7) is 3.75. The van der Waals surface area contributed by atoms with Crippen molar-refractivity contribution in [3.05, 3.63) is 23.8 Å². The van der Waals surface area contributed by atoms with Crippen molar-refractivity contribution in [1.29, 1.82) is 0 Å². The van der Waals surface area contributed by atoms with E-state index < -0.39 is 5.60 Å². The largest absolute Gasteiger partial charge is 0.508 e. The molecule has 18 heavy (non-hydrogen) atoms. The second kappa shape index (κ2) is 5.37. The fraction of sp³-hybridized carbons (Fsp3) is 0.462. The van der Waals surface area contributed by atoms with Gasteiger partial charge in [-0.05, 0) is 33.0 Å². The lowest BCUT2D eigenvalue weighted by molar-refractivity contribution is 0.0439. The molecule has 1 aromatic carbocycles. The number of likely N-dealkylation sites (N-methyl/N-ethyl adjacent to an activating group) is 1. The third-order valence-electron chi connectivity index (χ3n) is 2.35. The molecule has 0 fully saturated rings. The third-order valence-corrected chi connectivity index (χ3v) is 2.35. The number of phenolic OH excluding ortho intramolecular Hbond substituents is 2. The first kappa shape index (κ1) is 14.5. The van der Waals surface area contributed by atoms with Crippen LogP contribution in [-0.2, 0) is 0 Å². The number of phenols is 2. The van der Waals surface area contributed by atoms with Crippen molar-refractivity contribution in [3.63, 3.8) is 0 Å². The Kier molecular flexibility index (Phi) is 4.32. The quantitative estimate of drug-likeness (QED) is 0.682. The Labute approximate surface area is 106 Å². The van der Waals surface area contributed by atoms with Crippen LogP contribution in [0.2, 0.25) is 0 Å². The summed E-state index contributed by atoms with van der Waals surface area (Å²) in [6.07, 6.45) is 0. The highest BCUT2D eigenvalue weighted by atomic mass is 16.3. The van der Waals surface area contributed by atoms with E-state index in [2.05, 4.69) is 0 Å². The van der Waals surface area contributed by atoms with Crippen LogP contribution in [0.4, 0.5) is 0 Å². The Balaban J connectivity index is 2.71. The van der Waals surface area contributed by atoms with Gasteiger partial charge in [0.2, 0.25) is 0 Å². The molecule has 0 heterocycles. The maximum absolute atomic E-state index is 11.9. The minimum atomic E-state index is -0.883. The van der Waals surface area contributed by atoms with Crippen LogP contribution >= 0.6 is 0 Å².